The van der Waals surface area contributed by atoms with E-state index in [4.69, 9.17) is 14.2 Å². The molecule has 3 aromatic rings. The minimum absolute atomic E-state index is 0.228. The fourth-order valence-electron chi connectivity index (χ4n) is 3.43. The summed E-state index contributed by atoms with van der Waals surface area (Å²) in [5, 5.41) is 17.8. The van der Waals surface area contributed by atoms with E-state index in [0.29, 0.717) is 25.4 Å². The summed E-state index contributed by atoms with van der Waals surface area (Å²) < 4.78 is 16.9. The van der Waals surface area contributed by atoms with E-state index in [0.717, 1.165) is 45.1 Å². The number of benzene rings is 2. The number of methoxy groups -OCH3 is 1. The Balaban J connectivity index is 1.88. The summed E-state index contributed by atoms with van der Waals surface area (Å²) in [6.07, 6.45) is 0.714. The average molecular weight is 366 g/mol. The SMILES string of the molecule is CCc1cc(-c2n[nH]c(C)c2-c2ccc3c(c2)OCCO3)c(OC)cc1O. The molecule has 2 heterocycles. The largest absolute Gasteiger partial charge is 0.508 e. The Morgan fingerprint density at radius 1 is 1.15 bits per heavy atom. The number of ether oxygens (including phenoxy) is 3. The fourth-order valence-corrected chi connectivity index (χ4v) is 3.43. The lowest BCUT2D eigenvalue weighted by Gasteiger charge is -2.19. The second-order valence-corrected chi connectivity index (χ2v) is 6.47. The predicted octanol–water partition coefficient (Wildman–Crippen LogP) is 4.10. The van der Waals surface area contributed by atoms with Crippen LogP contribution in [0.1, 0.15) is 18.2 Å². The molecule has 0 bridgehead atoms. The summed E-state index contributed by atoms with van der Waals surface area (Å²) in [5.41, 5.74) is 5.35. The average Bonchev–Trinajstić information content (AvgIpc) is 3.08. The van der Waals surface area contributed by atoms with E-state index in [2.05, 4.69) is 10.2 Å². The van der Waals surface area contributed by atoms with Gasteiger partial charge in [0.1, 0.15) is 30.4 Å². The lowest BCUT2D eigenvalue weighted by atomic mass is 9.96. The number of phenolic OH excluding ortho intramolecular Hbond substituents is 1. The van der Waals surface area contributed by atoms with Crippen LogP contribution in [-0.4, -0.2) is 35.6 Å². The van der Waals surface area contributed by atoms with Crippen molar-refractivity contribution in [3.05, 3.63) is 41.6 Å². The van der Waals surface area contributed by atoms with Crippen LogP contribution in [0.3, 0.4) is 0 Å². The summed E-state index contributed by atoms with van der Waals surface area (Å²) in [6.45, 7) is 5.09. The molecule has 2 N–H and O–H groups in total. The normalized spacial score (nSPS) is 12.9. The molecule has 0 unspecified atom stereocenters. The quantitative estimate of drug-likeness (QED) is 0.727. The summed E-state index contributed by atoms with van der Waals surface area (Å²) in [7, 11) is 1.59. The van der Waals surface area contributed by atoms with Crippen molar-refractivity contribution >= 4 is 0 Å². The van der Waals surface area contributed by atoms with Crippen LogP contribution in [0.25, 0.3) is 22.4 Å². The second kappa shape index (κ2) is 6.87. The highest BCUT2D eigenvalue weighted by Crippen LogP contribution is 2.42. The third-order valence-electron chi connectivity index (χ3n) is 4.81. The highest BCUT2D eigenvalue weighted by molar-refractivity contribution is 5.86. The van der Waals surface area contributed by atoms with Crippen LogP contribution in [0.15, 0.2) is 30.3 Å². The van der Waals surface area contributed by atoms with Crippen molar-refractivity contribution in [3.8, 4) is 45.4 Å². The van der Waals surface area contributed by atoms with Crippen LogP contribution in [0, 0.1) is 6.92 Å². The number of hydrogen-bond donors (Lipinski definition) is 2. The fraction of sp³-hybridized carbons (Fsp3) is 0.286. The maximum Gasteiger partial charge on any atom is 0.161 e. The summed E-state index contributed by atoms with van der Waals surface area (Å²) in [4.78, 5) is 0. The molecular weight excluding hydrogens is 344 g/mol. The standard InChI is InChI=1S/C21H22N2O4/c1-4-13-9-15(18(25-3)11-16(13)24)21-20(12(2)22-23-21)14-5-6-17-19(10-14)27-8-7-26-17/h5-6,9-11,24H,4,7-8H2,1-3H3,(H,22,23). The number of hydrogen-bond acceptors (Lipinski definition) is 5. The number of phenols is 1. The Hall–Kier alpha value is -3.15. The number of aromatic nitrogens is 2. The van der Waals surface area contributed by atoms with Gasteiger partial charge < -0.3 is 19.3 Å². The maximum absolute atomic E-state index is 10.2. The van der Waals surface area contributed by atoms with Crippen LogP contribution >= 0.6 is 0 Å². The number of H-pyrrole nitrogens is 1. The van der Waals surface area contributed by atoms with Crippen molar-refractivity contribution in [2.75, 3.05) is 20.3 Å². The number of nitrogens with one attached hydrogen (secondary N) is 1. The number of aromatic hydroxyl groups is 1. The zero-order chi connectivity index (χ0) is 19.0. The van der Waals surface area contributed by atoms with Gasteiger partial charge in [-0.3, -0.25) is 5.10 Å². The van der Waals surface area contributed by atoms with E-state index >= 15 is 0 Å². The van der Waals surface area contributed by atoms with E-state index in [-0.39, 0.29) is 5.75 Å². The Morgan fingerprint density at radius 3 is 2.67 bits per heavy atom. The van der Waals surface area contributed by atoms with Crippen molar-refractivity contribution in [2.45, 2.75) is 20.3 Å². The number of aryl methyl sites for hydroxylation is 2. The van der Waals surface area contributed by atoms with E-state index in [1.807, 2.05) is 38.1 Å². The molecule has 0 spiro atoms. The van der Waals surface area contributed by atoms with Gasteiger partial charge in [0.2, 0.25) is 0 Å². The van der Waals surface area contributed by atoms with Gasteiger partial charge in [-0.25, -0.2) is 0 Å². The predicted molar refractivity (Wildman–Crippen MR) is 103 cm³/mol. The van der Waals surface area contributed by atoms with E-state index in [1.54, 1.807) is 13.2 Å². The van der Waals surface area contributed by atoms with Gasteiger partial charge in [-0.2, -0.15) is 5.10 Å². The lowest BCUT2D eigenvalue weighted by Crippen LogP contribution is -2.15. The Morgan fingerprint density at radius 2 is 1.93 bits per heavy atom. The molecule has 0 radical (unpaired) electrons. The van der Waals surface area contributed by atoms with Gasteiger partial charge in [-0.1, -0.05) is 13.0 Å². The Kier molecular flexibility index (Phi) is 4.39. The highest BCUT2D eigenvalue weighted by atomic mass is 16.6. The third-order valence-corrected chi connectivity index (χ3v) is 4.81. The Labute approximate surface area is 157 Å². The van der Waals surface area contributed by atoms with Crippen LogP contribution in [0.4, 0.5) is 0 Å². The van der Waals surface area contributed by atoms with Crippen molar-refractivity contribution in [3.63, 3.8) is 0 Å². The smallest absolute Gasteiger partial charge is 0.161 e. The molecule has 1 aliphatic rings. The molecule has 0 atom stereocenters. The minimum Gasteiger partial charge on any atom is -0.508 e. The molecule has 0 fully saturated rings. The van der Waals surface area contributed by atoms with Gasteiger partial charge in [-0.15, -0.1) is 0 Å². The zero-order valence-electron chi connectivity index (χ0n) is 15.6. The molecule has 1 aliphatic heterocycles. The zero-order valence-corrected chi connectivity index (χ0v) is 15.6. The van der Waals surface area contributed by atoms with Crippen LogP contribution in [0.5, 0.6) is 23.0 Å². The molecule has 4 rings (SSSR count). The first-order valence-electron chi connectivity index (χ1n) is 8.97. The summed E-state index contributed by atoms with van der Waals surface area (Å²) in [6, 6.07) is 9.48. The van der Waals surface area contributed by atoms with Crippen molar-refractivity contribution in [1.29, 1.82) is 0 Å². The van der Waals surface area contributed by atoms with Gasteiger partial charge in [0.25, 0.3) is 0 Å². The summed E-state index contributed by atoms with van der Waals surface area (Å²) >= 11 is 0. The van der Waals surface area contributed by atoms with Gasteiger partial charge >= 0.3 is 0 Å². The number of aromatic amines is 1. The van der Waals surface area contributed by atoms with Crippen LogP contribution in [0.2, 0.25) is 0 Å². The van der Waals surface area contributed by atoms with E-state index < -0.39 is 0 Å². The number of rotatable bonds is 4. The molecule has 27 heavy (non-hydrogen) atoms. The number of nitrogens with zero attached hydrogens (tertiary/aromatic N) is 1. The van der Waals surface area contributed by atoms with Gasteiger partial charge in [0, 0.05) is 22.9 Å². The molecule has 140 valence electrons. The molecule has 6 nitrogen and oxygen atoms in total. The first kappa shape index (κ1) is 17.3. The molecule has 6 heteroatoms. The van der Waals surface area contributed by atoms with Gasteiger partial charge in [0.05, 0.1) is 7.11 Å². The van der Waals surface area contributed by atoms with Crippen LogP contribution < -0.4 is 14.2 Å². The Bertz CT molecular complexity index is 994. The first-order chi connectivity index (χ1) is 13.1. The monoisotopic (exact) mass is 366 g/mol. The topological polar surface area (TPSA) is 76.6 Å². The minimum atomic E-state index is 0.228. The summed E-state index contributed by atoms with van der Waals surface area (Å²) in [5.74, 6) is 2.29. The van der Waals surface area contributed by atoms with E-state index in [9.17, 15) is 5.11 Å². The second-order valence-electron chi connectivity index (χ2n) is 6.47. The molecule has 0 saturated heterocycles. The maximum atomic E-state index is 10.2. The molecule has 0 amide bonds. The third kappa shape index (κ3) is 2.97. The molecule has 0 saturated carbocycles. The van der Waals surface area contributed by atoms with Crippen molar-refractivity contribution < 1.29 is 19.3 Å². The molecular formula is C21H22N2O4. The van der Waals surface area contributed by atoms with Gasteiger partial charge in [-0.05, 0) is 42.7 Å². The highest BCUT2D eigenvalue weighted by Gasteiger charge is 2.21. The van der Waals surface area contributed by atoms with Crippen molar-refractivity contribution in [2.24, 2.45) is 0 Å². The molecule has 2 aromatic carbocycles. The number of fused-ring (bicyclic) bond motifs is 1. The van der Waals surface area contributed by atoms with Gasteiger partial charge in [0.15, 0.2) is 11.5 Å². The van der Waals surface area contributed by atoms with Crippen molar-refractivity contribution in [1.82, 2.24) is 10.2 Å². The van der Waals surface area contributed by atoms with Crippen LogP contribution in [-0.2, 0) is 6.42 Å². The first-order valence-corrected chi connectivity index (χ1v) is 8.97. The molecule has 1 aromatic heterocycles. The van der Waals surface area contributed by atoms with E-state index in [1.165, 1.54) is 0 Å². The molecule has 0 aliphatic carbocycles. The lowest BCUT2D eigenvalue weighted by molar-refractivity contribution is 0.171.